The predicted octanol–water partition coefficient (Wildman–Crippen LogP) is 2.46. The summed E-state index contributed by atoms with van der Waals surface area (Å²) >= 11 is 0. The van der Waals surface area contributed by atoms with E-state index in [0.717, 1.165) is 0 Å². The zero-order valence-electron chi connectivity index (χ0n) is 15.9. The normalized spacial score (nSPS) is 13.3. The molecule has 0 saturated heterocycles. The minimum atomic E-state index is -1.14. The van der Waals surface area contributed by atoms with Crippen molar-refractivity contribution < 1.29 is 29.0 Å². The van der Waals surface area contributed by atoms with E-state index in [2.05, 4.69) is 5.32 Å². The average molecular weight is 380 g/mol. The Labute approximate surface area is 159 Å². The lowest BCUT2D eigenvalue weighted by atomic mass is 10.1. The molecule has 0 unspecified atom stereocenters. The Morgan fingerprint density at radius 3 is 2.26 bits per heavy atom. The predicted molar refractivity (Wildman–Crippen MR) is 99.3 cm³/mol. The van der Waals surface area contributed by atoms with Gasteiger partial charge in [-0.15, -0.1) is 0 Å². The summed E-state index contributed by atoms with van der Waals surface area (Å²) in [6.45, 7) is 5.08. The van der Waals surface area contributed by atoms with Gasteiger partial charge in [0.05, 0.1) is 0 Å². The van der Waals surface area contributed by atoms with E-state index < -0.39 is 35.7 Å². The zero-order chi connectivity index (χ0) is 20.4. The van der Waals surface area contributed by atoms with Crippen molar-refractivity contribution in [2.24, 2.45) is 5.73 Å². The number of hydrogen-bond acceptors (Lipinski definition) is 6. The molecule has 1 rings (SSSR count). The molecular formula is C19H28N2O6. The quantitative estimate of drug-likeness (QED) is 0.341. The second-order valence-electron chi connectivity index (χ2n) is 7.16. The highest BCUT2D eigenvalue weighted by atomic mass is 16.6. The summed E-state index contributed by atoms with van der Waals surface area (Å²) in [6.07, 6.45) is 0.765. The van der Waals surface area contributed by atoms with Gasteiger partial charge in [-0.1, -0.05) is 31.0 Å². The number of para-hydroxylation sites is 1. The van der Waals surface area contributed by atoms with Crippen LogP contribution in [0.3, 0.4) is 0 Å². The molecule has 8 heteroatoms. The monoisotopic (exact) mass is 380 g/mol. The molecule has 0 aromatic heterocycles. The zero-order valence-corrected chi connectivity index (χ0v) is 15.9. The first-order valence-electron chi connectivity index (χ1n) is 8.83. The number of esters is 1. The highest BCUT2D eigenvalue weighted by molar-refractivity contribution is 5.80. The molecule has 1 aromatic carbocycles. The maximum Gasteiger partial charge on any atom is 0.408 e. The van der Waals surface area contributed by atoms with Crippen molar-refractivity contribution in [3.8, 4) is 5.75 Å². The third-order valence-electron chi connectivity index (χ3n) is 3.51. The second kappa shape index (κ2) is 10.5. The topological polar surface area (TPSA) is 128 Å². The Balaban J connectivity index is 2.35. The van der Waals surface area contributed by atoms with Crippen molar-refractivity contribution >= 4 is 18.0 Å². The maximum atomic E-state index is 11.9. The molecule has 0 saturated carbocycles. The van der Waals surface area contributed by atoms with E-state index in [1.54, 1.807) is 51.1 Å². The van der Waals surface area contributed by atoms with Gasteiger partial charge in [0, 0.05) is 0 Å². The van der Waals surface area contributed by atoms with E-state index in [-0.39, 0.29) is 6.42 Å². The number of benzene rings is 1. The van der Waals surface area contributed by atoms with Crippen LogP contribution in [0.15, 0.2) is 30.3 Å². The van der Waals surface area contributed by atoms with Gasteiger partial charge in [-0.2, -0.15) is 0 Å². The van der Waals surface area contributed by atoms with Gasteiger partial charge in [0.2, 0.25) is 0 Å². The van der Waals surface area contributed by atoms with Crippen LogP contribution in [0.5, 0.6) is 5.75 Å². The Morgan fingerprint density at radius 2 is 1.70 bits per heavy atom. The lowest BCUT2D eigenvalue weighted by molar-refractivity contribution is -0.140. The van der Waals surface area contributed by atoms with Gasteiger partial charge in [-0.25, -0.2) is 14.4 Å². The number of carbonyl (C=O) groups is 3. The third-order valence-corrected chi connectivity index (χ3v) is 3.51. The van der Waals surface area contributed by atoms with Crippen LogP contribution in [0.4, 0.5) is 4.79 Å². The third kappa shape index (κ3) is 9.60. The summed E-state index contributed by atoms with van der Waals surface area (Å²) in [5, 5.41) is 11.5. The Morgan fingerprint density at radius 1 is 1.11 bits per heavy atom. The molecule has 0 fully saturated rings. The summed E-state index contributed by atoms with van der Waals surface area (Å²) in [5.41, 5.74) is 5.10. The maximum absolute atomic E-state index is 11.9. The summed E-state index contributed by atoms with van der Waals surface area (Å²) in [4.78, 5) is 34.9. The highest BCUT2D eigenvalue weighted by Crippen LogP contribution is 2.12. The minimum absolute atomic E-state index is 0.203. The van der Waals surface area contributed by atoms with E-state index in [1.165, 1.54) is 0 Å². The summed E-state index contributed by atoms with van der Waals surface area (Å²) < 4.78 is 10.2. The summed E-state index contributed by atoms with van der Waals surface area (Å²) in [6, 6.07) is 6.76. The van der Waals surface area contributed by atoms with E-state index in [1.807, 2.05) is 0 Å². The first kappa shape index (κ1) is 22.4. The Bertz CT molecular complexity index is 627. The van der Waals surface area contributed by atoms with Crippen LogP contribution >= 0.6 is 0 Å². The molecule has 27 heavy (non-hydrogen) atoms. The molecule has 0 heterocycles. The van der Waals surface area contributed by atoms with Crippen LogP contribution in [0.1, 0.15) is 46.5 Å². The molecule has 150 valence electrons. The number of carbonyl (C=O) groups excluding carboxylic acids is 2. The SMILES string of the molecule is CC(C)(C)OC(=O)N[C@@H](CCCC[C@H](N)C(=O)Oc1ccccc1)C(=O)O. The summed E-state index contributed by atoms with van der Waals surface area (Å²) in [5.74, 6) is -1.26. The number of carboxylic acid groups (broad SMARTS) is 1. The molecule has 0 spiro atoms. The lowest BCUT2D eigenvalue weighted by Crippen LogP contribution is -2.43. The van der Waals surface area contributed by atoms with Gasteiger partial charge in [0.1, 0.15) is 23.4 Å². The first-order valence-corrected chi connectivity index (χ1v) is 8.83. The van der Waals surface area contributed by atoms with Crippen molar-refractivity contribution in [1.82, 2.24) is 5.32 Å². The van der Waals surface area contributed by atoms with Gasteiger partial charge in [-0.3, -0.25) is 0 Å². The molecule has 0 bridgehead atoms. The van der Waals surface area contributed by atoms with Crippen molar-refractivity contribution in [1.29, 1.82) is 0 Å². The average Bonchev–Trinajstić information content (AvgIpc) is 2.56. The Hall–Kier alpha value is -2.61. The minimum Gasteiger partial charge on any atom is -0.480 e. The number of ether oxygens (including phenoxy) is 2. The number of carboxylic acids is 1. The van der Waals surface area contributed by atoms with Crippen LogP contribution in [-0.2, 0) is 14.3 Å². The number of nitrogens with two attached hydrogens (primary N) is 1. The fourth-order valence-electron chi connectivity index (χ4n) is 2.22. The lowest BCUT2D eigenvalue weighted by Gasteiger charge is -2.22. The van der Waals surface area contributed by atoms with Crippen molar-refractivity contribution in [2.45, 2.75) is 64.1 Å². The number of amides is 1. The van der Waals surface area contributed by atoms with Crippen LogP contribution in [-0.4, -0.2) is 40.8 Å². The molecular weight excluding hydrogens is 352 g/mol. The second-order valence-corrected chi connectivity index (χ2v) is 7.16. The number of alkyl carbamates (subject to hydrolysis) is 1. The molecule has 2 atom stereocenters. The van der Waals surface area contributed by atoms with E-state index in [4.69, 9.17) is 15.2 Å². The number of rotatable bonds is 9. The van der Waals surface area contributed by atoms with Crippen LogP contribution in [0.25, 0.3) is 0 Å². The molecule has 8 nitrogen and oxygen atoms in total. The number of unbranched alkanes of at least 4 members (excludes halogenated alkanes) is 1. The van der Waals surface area contributed by atoms with Crippen molar-refractivity contribution in [3.05, 3.63) is 30.3 Å². The van der Waals surface area contributed by atoms with Gasteiger partial charge < -0.3 is 25.6 Å². The molecule has 0 aliphatic carbocycles. The first-order chi connectivity index (χ1) is 12.6. The molecule has 1 aromatic rings. The number of aliphatic carboxylic acids is 1. The van der Waals surface area contributed by atoms with Gasteiger partial charge in [0.15, 0.2) is 0 Å². The molecule has 1 amide bonds. The largest absolute Gasteiger partial charge is 0.480 e. The van der Waals surface area contributed by atoms with E-state index in [0.29, 0.717) is 25.0 Å². The summed E-state index contributed by atoms with van der Waals surface area (Å²) in [7, 11) is 0. The molecule has 4 N–H and O–H groups in total. The van der Waals surface area contributed by atoms with E-state index >= 15 is 0 Å². The van der Waals surface area contributed by atoms with Crippen LogP contribution < -0.4 is 15.8 Å². The van der Waals surface area contributed by atoms with Crippen LogP contribution in [0, 0.1) is 0 Å². The van der Waals surface area contributed by atoms with Gasteiger partial charge in [-0.05, 0) is 45.7 Å². The van der Waals surface area contributed by atoms with Crippen molar-refractivity contribution in [2.75, 3.05) is 0 Å². The highest BCUT2D eigenvalue weighted by Gasteiger charge is 2.24. The van der Waals surface area contributed by atoms with Crippen LogP contribution in [0.2, 0.25) is 0 Å². The fraction of sp³-hybridized carbons (Fsp3) is 0.526. The van der Waals surface area contributed by atoms with E-state index in [9.17, 15) is 19.5 Å². The van der Waals surface area contributed by atoms with Crippen molar-refractivity contribution in [3.63, 3.8) is 0 Å². The molecule has 0 aliphatic rings. The molecule has 0 radical (unpaired) electrons. The number of nitrogens with one attached hydrogen (secondary N) is 1. The molecule has 0 aliphatic heterocycles. The Kier molecular flexibility index (Phi) is 8.74. The fourth-order valence-corrected chi connectivity index (χ4v) is 2.22. The number of hydrogen-bond donors (Lipinski definition) is 3. The smallest absolute Gasteiger partial charge is 0.408 e. The van der Waals surface area contributed by atoms with Gasteiger partial charge >= 0.3 is 18.0 Å². The van der Waals surface area contributed by atoms with Gasteiger partial charge in [0.25, 0.3) is 0 Å². The standard InChI is InChI=1S/C19H28N2O6/c1-19(2,3)27-18(25)21-15(16(22)23)12-8-7-11-14(20)17(24)26-13-9-5-4-6-10-13/h4-6,9-10,14-15H,7-8,11-12,20H2,1-3H3,(H,21,25)(H,22,23)/t14-,15-/m0/s1.